The quantitative estimate of drug-likeness (QED) is 0.471. The first-order valence-electron chi connectivity index (χ1n) is 8.04. The maximum atomic E-state index is 13.1. The van der Waals surface area contributed by atoms with E-state index in [0.29, 0.717) is 0 Å². The zero-order valence-electron chi connectivity index (χ0n) is 16.3. The highest BCUT2D eigenvalue weighted by atomic mass is 31.2. The first-order valence-corrected chi connectivity index (χ1v) is 9.50. The number of phosphoric acid groups is 1. The van der Waals surface area contributed by atoms with Gasteiger partial charge in [0.05, 0.1) is 11.2 Å². The highest BCUT2D eigenvalue weighted by molar-refractivity contribution is 7.48. The lowest BCUT2D eigenvalue weighted by molar-refractivity contribution is -0.0623. The van der Waals surface area contributed by atoms with Crippen LogP contribution >= 0.6 is 7.82 Å². The fraction of sp³-hybridized carbons (Fsp3) is 1.00. The Hall–Kier alpha value is 0.0700. The number of nitrogens with zero attached hydrogens (tertiary/aromatic N) is 1. The lowest BCUT2D eigenvalue weighted by Gasteiger charge is -2.39. The van der Waals surface area contributed by atoms with Gasteiger partial charge in [-0.2, -0.15) is 0 Å². The normalized spacial score (nSPS) is 15.9. The molecular weight excluding hydrogens is 301 g/mol. The average Bonchev–Trinajstić information content (AvgIpc) is 2.06. The molecule has 0 rings (SSSR count). The fourth-order valence-electron chi connectivity index (χ4n) is 2.41. The van der Waals surface area contributed by atoms with Crippen molar-refractivity contribution in [1.82, 2.24) is 4.90 Å². The molecule has 0 N–H and O–H groups in total. The molecule has 1 atom stereocenters. The molecule has 0 aromatic heterocycles. The summed E-state index contributed by atoms with van der Waals surface area (Å²) in [7, 11) is -3.69. The molecular formula is C16H36NO4P. The monoisotopic (exact) mass is 337 g/mol. The molecule has 0 aliphatic heterocycles. The van der Waals surface area contributed by atoms with E-state index in [2.05, 4.69) is 32.6 Å². The Labute approximate surface area is 137 Å². The number of hydrogen-bond acceptors (Lipinski definition) is 5. The van der Waals surface area contributed by atoms with Gasteiger partial charge in [0, 0.05) is 12.1 Å². The van der Waals surface area contributed by atoms with Gasteiger partial charge in [-0.25, -0.2) is 4.57 Å². The summed E-state index contributed by atoms with van der Waals surface area (Å²) in [5.74, 6) is 0. The Kier molecular flexibility index (Phi) is 7.79. The van der Waals surface area contributed by atoms with Gasteiger partial charge in [-0.05, 0) is 76.2 Å². The SMILES string of the molecule is CC(C)N(C(C)C)C(C)OP(=O)(OC(C)(C)C)OC(C)(C)C. The van der Waals surface area contributed by atoms with Crippen molar-refractivity contribution in [2.75, 3.05) is 0 Å². The maximum absolute atomic E-state index is 13.1. The molecule has 1 unspecified atom stereocenters. The maximum Gasteiger partial charge on any atom is 0.477 e. The van der Waals surface area contributed by atoms with Gasteiger partial charge in [0.1, 0.15) is 6.23 Å². The van der Waals surface area contributed by atoms with Crippen molar-refractivity contribution in [2.24, 2.45) is 0 Å². The average molecular weight is 337 g/mol. The number of rotatable bonds is 7. The summed E-state index contributed by atoms with van der Waals surface area (Å²) in [6.07, 6.45) is -0.379. The molecule has 0 radical (unpaired) electrons. The molecule has 0 heterocycles. The highest BCUT2D eigenvalue weighted by Crippen LogP contribution is 2.56. The van der Waals surface area contributed by atoms with Crippen molar-refractivity contribution >= 4 is 7.82 Å². The Bertz CT molecular complexity index is 355. The minimum absolute atomic E-state index is 0.257. The minimum Gasteiger partial charge on any atom is -0.281 e. The second-order valence-electron chi connectivity index (χ2n) is 8.19. The summed E-state index contributed by atoms with van der Waals surface area (Å²) >= 11 is 0. The lowest BCUT2D eigenvalue weighted by Crippen LogP contribution is -2.45. The van der Waals surface area contributed by atoms with Crippen molar-refractivity contribution in [1.29, 1.82) is 0 Å². The van der Waals surface area contributed by atoms with E-state index in [9.17, 15) is 4.57 Å². The standard InChI is InChI=1S/C16H36NO4P/c1-12(2)17(13(3)4)14(5)19-22(18,20-15(6,7)8)21-16(9,10)11/h12-14H,1-11H3. The fourth-order valence-corrected chi connectivity index (χ4v) is 4.36. The predicted molar refractivity (Wildman–Crippen MR) is 91.9 cm³/mol. The topological polar surface area (TPSA) is 48.0 Å². The van der Waals surface area contributed by atoms with Crippen LogP contribution in [-0.2, 0) is 18.1 Å². The zero-order valence-corrected chi connectivity index (χ0v) is 17.2. The third kappa shape index (κ3) is 8.64. The molecule has 0 saturated carbocycles. The van der Waals surface area contributed by atoms with E-state index < -0.39 is 19.0 Å². The number of phosphoric ester groups is 1. The van der Waals surface area contributed by atoms with E-state index in [-0.39, 0.29) is 18.3 Å². The molecule has 5 nitrogen and oxygen atoms in total. The van der Waals surface area contributed by atoms with Crippen LogP contribution in [-0.4, -0.2) is 34.4 Å². The van der Waals surface area contributed by atoms with Crippen LogP contribution in [0.15, 0.2) is 0 Å². The minimum atomic E-state index is -3.69. The zero-order chi connectivity index (χ0) is 17.9. The van der Waals surface area contributed by atoms with E-state index in [1.807, 2.05) is 48.5 Å². The van der Waals surface area contributed by atoms with Crippen LogP contribution < -0.4 is 0 Å². The second kappa shape index (κ2) is 7.76. The summed E-state index contributed by atoms with van der Waals surface area (Å²) in [5, 5.41) is 0. The largest absolute Gasteiger partial charge is 0.477 e. The van der Waals surface area contributed by atoms with Crippen LogP contribution in [0.3, 0.4) is 0 Å². The summed E-state index contributed by atoms with van der Waals surface area (Å²) in [5.41, 5.74) is -1.25. The van der Waals surface area contributed by atoms with Crippen molar-refractivity contribution < 1.29 is 18.1 Å². The van der Waals surface area contributed by atoms with Gasteiger partial charge in [0.2, 0.25) is 0 Å². The van der Waals surface area contributed by atoms with Gasteiger partial charge in [-0.1, -0.05) is 0 Å². The Morgan fingerprint density at radius 2 is 1.09 bits per heavy atom. The van der Waals surface area contributed by atoms with Gasteiger partial charge in [-0.3, -0.25) is 18.5 Å². The smallest absolute Gasteiger partial charge is 0.281 e. The molecule has 22 heavy (non-hydrogen) atoms. The molecule has 134 valence electrons. The molecule has 0 amide bonds. The molecule has 0 aliphatic rings. The number of hydrogen-bond donors (Lipinski definition) is 0. The molecule has 0 aromatic carbocycles. The van der Waals surface area contributed by atoms with Crippen molar-refractivity contribution in [3.63, 3.8) is 0 Å². The highest BCUT2D eigenvalue weighted by Gasteiger charge is 2.40. The van der Waals surface area contributed by atoms with Crippen molar-refractivity contribution in [3.05, 3.63) is 0 Å². The van der Waals surface area contributed by atoms with Crippen molar-refractivity contribution in [3.8, 4) is 0 Å². The molecule has 0 bridgehead atoms. The van der Waals surface area contributed by atoms with E-state index in [0.717, 1.165) is 0 Å². The third-order valence-electron chi connectivity index (χ3n) is 2.67. The van der Waals surface area contributed by atoms with Crippen molar-refractivity contribution in [2.45, 2.75) is 106 Å². The van der Waals surface area contributed by atoms with Crippen LogP contribution in [0.4, 0.5) is 0 Å². The summed E-state index contributed by atoms with van der Waals surface area (Å²) in [6.45, 7) is 21.2. The van der Waals surface area contributed by atoms with Crippen LogP contribution in [0.2, 0.25) is 0 Å². The van der Waals surface area contributed by atoms with Crippen LogP contribution in [0.5, 0.6) is 0 Å². The first kappa shape index (κ1) is 22.1. The lowest BCUT2D eigenvalue weighted by atomic mass is 10.2. The van der Waals surface area contributed by atoms with E-state index in [1.165, 1.54) is 0 Å². The molecule has 0 fully saturated rings. The predicted octanol–water partition coefficient (Wildman–Crippen LogP) is 5.21. The second-order valence-corrected chi connectivity index (χ2v) is 9.66. The van der Waals surface area contributed by atoms with Gasteiger partial charge < -0.3 is 0 Å². The molecule has 0 saturated heterocycles. The molecule has 0 spiro atoms. The van der Waals surface area contributed by atoms with Gasteiger partial charge >= 0.3 is 7.82 Å². The van der Waals surface area contributed by atoms with Crippen LogP contribution in [0.1, 0.15) is 76.2 Å². The Morgan fingerprint density at radius 1 is 0.773 bits per heavy atom. The first-order chi connectivity index (χ1) is 9.56. The van der Waals surface area contributed by atoms with Gasteiger partial charge in [0.25, 0.3) is 0 Å². The van der Waals surface area contributed by atoms with E-state index in [1.54, 1.807) is 0 Å². The van der Waals surface area contributed by atoms with E-state index >= 15 is 0 Å². The summed E-state index contributed by atoms with van der Waals surface area (Å²) < 4.78 is 30.3. The van der Waals surface area contributed by atoms with Gasteiger partial charge in [-0.15, -0.1) is 0 Å². The molecule has 0 aliphatic carbocycles. The van der Waals surface area contributed by atoms with Crippen LogP contribution in [0.25, 0.3) is 0 Å². The molecule has 6 heteroatoms. The summed E-state index contributed by atoms with van der Waals surface area (Å²) in [6, 6.07) is 0.514. The Balaban J connectivity index is 5.33. The van der Waals surface area contributed by atoms with Gasteiger partial charge in [0.15, 0.2) is 0 Å². The van der Waals surface area contributed by atoms with Crippen LogP contribution in [0, 0.1) is 0 Å². The van der Waals surface area contributed by atoms with E-state index in [4.69, 9.17) is 13.6 Å². The Morgan fingerprint density at radius 3 is 1.32 bits per heavy atom. The summed E-state index contributed by atoms with van der Waals surface area (Å²) in [4.78, 5) is 2.13. The third-order valence-corrected chi connectivity index (χ3v) is 4.77. The molecule has 0 aromatic rings.